The van der Waals surface area contributed by atoms with Crippen LogP contribution in [0.5, 0.6) is 0 Å². The van der Waals surface area contributed by atoms with E-state index in [9.17, 15) is 4.79 Å². The zero-order valence-corrected chi connectivity index (χ0v) is 16.4. The minimum Gasteiger partial charge on any atom is -0.348 e. The van der Waals surface area contributed by atoms with Crippen molar-refractivity contribution in [2.45, 2.75) is 26.2 Å². The van der Waals surface area contributed by atoms with Gasteiger partial charge in [0.25, 0.3) is 0 Å². The van der Waals surface area contributed by atoms with Gasteiger partial charge in [0.1, 0.15) is 0 Å². The number of thiocarbonyl (C=S) groups is 1. The number of unbranched alkanes of at least 4 members (excludes halogenated alkanes) is 1. The molecule has 2 rings (SSSR count). The van der Waals surface area contributed by atoms with Crippen LogP contribution >= 0.6 is 12.2 Å². The van der Waals surface area contributed by atoms with Crippen LogP contribution < -0.4 is 5.32 Å². The Morgan fingerprint density at radius 1 is 1.16 bits per heavy atom. The predicted octanol–water partition coefficient (Wildman–Crippen LogP) is 2.43. The van der Waals surface area contributed by atoms with Crippen LogP contribution in [0.25, 0.3) is 0 Å². The number of carbonyl (C=O) groups is 1. The Kier molecular flexibility index (Phi) is 7.65. The third-order valence-corrected chi connectivity index (χ3v) is 4.90. The van der Waals surface area contributed by atoms with Gasteiger partial charge in [-0.25, -0.2) is 0 Å². The molecule has 1 aliphatic rings. The van der Waals surface area contributed by atoms with Crippen LogP contribution in [0.2, 0.25) is 0 Å². The maximum absolute atomic E-state index is 11.8. The van der Waals surface area contributed by atoms with Crippen molar-refractivity contribution in [3.63, 3.8) is 0 Å². The fourth-order valence-electron chi connectivity index (χ4n) is 2.78. The first-order chi connectivity index (χ1) is 12.0. The Hall–Kier alpha value is -1.66. The van der Waals surface area contributed by atoms with Crippen molar-refractivity contribution in [3.05, 3.63) is 29.8 Å². The summed E-state index contributed by atoms with van der Waals surface area (Å²) >= 11 is 5.55. The van der Waals surface area contributed by atoms with Crippen LogP contribution in [-0.4, -0.2) is 72.5 Å². The van der Waals surface area contributed by atoms with Gasteiger partial charge in [0.2, 0.25) is 5.91 Å². The molecular formula is C19H30N4OS. The molecule has 6 heteroatoms. The minimum absolute atomic E-state index is 0.150. The second kappa shape index (κ2) is 9.73. The maximum Gasteiger partial charge on any atom is 0.236 e. The lowest BCUT2D eigenvalue weighted by Crippen LogP contribution is -2.51. The van der Waals surface area contributed by atoms with Gasteiger partial charge >= 0.3 is 0 Å². The number of piperazine rings is 1. The molecule has 1 aliphatic heterocycles. The molecule has 0 spiro atoms. The van der Waals surface area contributed by atoms with E-state index in [-0.39, 0.29) is 5.91 Å². The van der Waals surface area contributed by atoms with Crippen molar-refractivity contribution in [1.29, 1.82) is 0 Å². The Labute approximate surface area is 157 Å². The van der Waals surface area contributed by atoms with Gasteiger partial charge in [-0.3, -0.25) is 9.69 Å². The summed E-state index contributed by atoms with van der Waals surface area (Å²) in [7, 11) is 3.59. The number of hydrogen-bond acceptors (Lipinski definition) is 3. The first kappa shape index (κ1) is 19.7. The Morgan fingerprint density at radius 3 is 2.36 bits per heavy atom. The SMILES string of the molecule is CCCCc1ccc(NC(=S)N2CCN(CC(=O)N(C)C)CC2)cc1. The van der Waals surface area contributed by atoms with E-state index in [1.165, 1.54) is 18.4 Å². The number of anilines is 1. The lowest BCUT2D eigenvalue weighted by atomic mass is 10.1. The van der Waals surface area contributed by atoms with Crippen LogP contribution in [0.3, 0.4) is 0 Å². The molecule has 1 fully saturated rings. The van der Waals surface area contributed by atoms with E-state index in [1.807, 2.05) is 0 Å². The topological polar surface area (TPSA) is 38.8 Å². The standard InChI is InChI=1S/C19H30N4OS/c1-4-5-6-16-7-9-17(10-8-16)20-19(25)23-13-11-22(12-14-23)15-18(24)21(2)3/h7-10H,4-6,11-15H2,1-3H3,(H,20,25). The quantitative estimate of drug-likeness (QED) is 0.787. The van der Waals surface area contributed by atoms with Gasteiger partial charge in [-0.2, -0.15) is 0 Å². The molecule has 1 aromatic rings. The summed E-state index contributed by atoms with van der Waals surface area (Å²) < 4.78 is 0. The van der Waals surface area contributed by atoms with E-state index in [2.05, 4.69) is 46.3 Å². The number of nitrogens with zero attached hydrogens (tertiary/aromatic N) is 3. The van der Waals surface area contributed by atoms with Gasteiger partial charge in [0, 0.05) is 46.0 Å². The van der Waals surface area contributed by atoms with Crippen LogP contribution in [0.15, 0.2) is 24.3 Å². The average Bonchev–Trinajstić information content (AvgIpc) is 2.61. The third kappa shape index (κ3) is 6.29. The average molecular weight is 363 g/mol. The van der Waals surface area contributed by atoms with Gasteiger partial charge in [-0.15, -0.1) is 0 Å². The van der Waals surface area contributed by atoms with E-state index < -0.39 is 0 Å². The van der Waals surface area contributed by atoms with Crippen LogP contribution in [0, 0.1) is 0 Å². The van der Waals surface area contributed by atoms with Crippen molar-refractivity contribution in [3.8, 4) is 0 Å². The summed E-state index contributed by atoms with van der Waals surface area (Å²) in [6.07, 6.45) is 3.58. The third-order valence-electron chi connectivity index (χ3n) is 4.54. The molecule has 5 nitrogen and oxygen atoms in total. The summed E-state index contributed by atoms with van der Waals surface area (Å²) in [5, 5.41) is 4.10. The second-order valence-corrected chi connectivity index (χ2v) is 7.17. The minimum atomic E-state index is 0.150. The van der Waals surface area contributed by atoms with Crippen molar-refractivity contribution in [2.24, 2.45) is 0 Å². The van der Waals surface area contributed by atoms with E-state index in [4.69, 9.17) is 12.2 Å². The number of nitrogens with one attached hydrogen (secondary N) is 1. The van der Waals surface area contributed by atoms with Gasteiger partial charge in [-0.1, -0.05) is 25.5 Å². The number of benzene rings is 1. The molecule has 25 heavy (non-hydrogen) atoms. The number of likely N-dealkylation sites (N-methyl/N-ethyl adjacent to an activating group) is 1. The van der Waals surface area contributed by atoms with E-state index in [1.54, 1.807) is 19.0 Å². The van der Waals surface area contributed by atoms with Crippen LogP contribution in [0.4, 0.5) is 5.69 Å². The molecule has 1 N–H and O–H groups in total. The second-order valence-electron chi connectivity index (χ2n) is 6.78. The Bertz CT molecular complexity index is 565. The smallest absolute Gasteiger partial charge is 0.236 e. The van der Waals surface area contributed by atoms with Gasteiger partial charge in [0.05, 0.1) is 6.54 Å². The summed E-state index contributed by atoms with van der Waals surface area (Å²) in [5.41, 5.74) is 2.41. The fraction of sp³-hybridized carbons (Fsp3) is 0.579. The summed E-state index contributed by atoms with van der Waals surface area (Å²) in [6.45, 7) is 6.11. The highest BCUT2D eigenvalue weighted by Gasteiger charge is 2.21. The molecule has 0 unspecified atom stereocenters. The zero-order chi connectivity index (χ0) is 18.2. The monoisotopic (exact) mass is 362 g/mol. The number of rotatable bonds is 6. The molecule has 0 aliphatic carbocycles. The highest BCUT2D eigenvalue weighted by molar-refractivity contribution is 7.80. The molecule has 1 heterocycles. The normalized spacial score (nSPS) is 15.1. The largest absolute Gasteiger partial charge is 0.348 e. The molecule has 1 aromatic carbocycles. The van der Waals surface area contributed by atoms with Crippen LogP contribution in [-0.2, 0) is 11.2 Å². The molecule has 0 aromatic heterocycles. The van der Waals surface area contributed by atoms with Crippen molar-refractivity contribution >= 4 is 28.9 Å². The highest BCUT2D eigenvalue weighted by Crippen LogP contribution is 2.13. The number of aryl methyl sites for hydroxylation is 1. The molecule has 1 amide bonds. The molecule has 0 atom stereocenters. The fourth-order valence-corrected chi connectivity index (χ4v) is 3.08. The molecule has 0 bridgehead atoms. The van der Waals surface area contributed by atoms with Crippen molar-refractivity contribution in [1.82, 2.24) is 14.7 Å². The van der Waals surface area contributed by atoms with Gasteiger partial charge < -0.3 is 15.1 Å². The molecule has 0 radical (unpaired) electrons. The lowest BCUT2D eigenvalue weighted by Gasteiger charge is -2.36. The van der Waals surface area contributed by atoms with Crippen molar-refractivity contribution < 1.29 is 4.79 Å². The van der Waals surface area contributed by atoms with Gasteiger partial charge in [0.15, 0.2) is 5.11 Å². The first-order valence-electron chi connectivity index (χ1n) is 9.07. The number of hydrogen-bond donors (Lipinski definition) is 1. The van der Waals surface area contributed by atoms with E-state index in [0.29, 0.717) is 6.54 Å². The van der Waals surface area contributed by atoms with Crippen LogP contribution in [0.1, 0.15) is 25.3 Å². The molecule has 138 valence electrons. The van der Waals surface area contributed by atoms with Crippen molar-refractivity contribution in [2.75, 3.05) is 52.1 Å². The Balaban J connectivity index is 1.77. The molecule has 0 saturated carbocycles. The lowest BCUT2D eigenvalue weighted by molar-refractivity contribution is -0.130. The molecule has 1 saturated heterocycles. The van der Waals surface area contributed by atoms with Gasteiger partial charge in [-0.05, 0) is 42.8 Å². The number of amides is 1. The summed E-state index contributed by atoms with van der Waals surface area (Å²) in [4.78, 5) is 17.8. The number of carbonyl (C=O) groups excluding carboxylic acids is 1. The Morgan fingerprint density at radius 2 is 1.80 bits per heavy atom. The predicted molar refractivity (Wildman–Crippen MR) is 108 cm³/mol. The highest BCUT2D eigenvalue weighted by atomic mass is 32.1. The van der Waals surface area contributed by atoms with E-state index in [0.717, 1.165) is 43.4 Å². The summed E-state index contributed by atoms with van der Waals surface area (Å²) in [5.74, 6) is 0.150. The maximum atomic E-state index is 11.8. The zero-order valence-electron chi connectivity index (χ0n) is 15.6. The van der Waals surface area contributed by atoms with E-state index >= 15 is 0 Å². The molecular weight excluding hydrogens is 332 g/mol. The first-order valence-corrected chi connectivity index (χ1v) is 9.47. The summed E-state index contributed by atoms with van der Waals surface area (Å²) in [6, 6.07) is 8.55.